The van der Waals surface area contributed by atoms with Gasteiger partial charge in [0.1, 0.15) is 5.82 Å². The molecule has 1 aliphatic heterocycles. The fourth-order valence-electron chi connectivity index (χ4n) is 1.80. The molecule has 1 aromatic heterocycles. The maximum Gasteiger partial charge on any atom is 0.365 e. The normalized spacial score (nSPS) is 17.4. The van der Waals surface area contributed by atoms with Crippen LogP contribution < -0.4 is 5.43 Å². The van der Waals surface area contributed by atoms with Crippen molar-refractivity contribution in [3.63, 3.8) is 0 Å². The Bertz CT molecular complexity index is 844. The van der Waals surface area contributed by atoms with Gasteiger partial charge >= 0.3 is 5.97 Å². The van der Waals surface area contributed by atoms with Crippen molar-refractivity contribution in [2.45, 2.75) is 25.5 Å². The second-order valence-corrected chi connectivity index (χ2v) is 6.81. The molecule has 1 saturated heterocycles. The van der Waals surface area contributed by atoms with Crippen LogP contribution >= 0.6 is 0 Å². The van der Waals surface area contributed by atoms with Gasteiger partial charge in [0.25, 0.3) is 21.9 Å². The Morgan fingerprint density at radius 3 is 2.56 bits per heavy atom. The van der Waals surface area contributed by atoms with E-state index in [1.807, 2.05) is 0 Å². The van der Waals surface area contributed by atoms with Crippen molar-refractivity contribution in [3.05, 3.63) is 23.9 Å². The Hall–Kier alpha value is -2.86. The molecule has 0 saturated carbocycles. The van der Waals surface area contributed by atoms with Gasteiger partial charge in [0.2, 0.25) is 0 Å². The van der Waals surface area contributed by atoms with E-state index in [9.17, 15) is 22.8 Å². The van der Waals surface area contributed by atoms with Crippen LogP contribution in [0.4, 0.5) is 5.82 Å². The van der Waals surface area contributed by atoms with Crippen LogP contribution in [0, 0.1) is 0 Å². The molecule has 2 N–H and O–H groups in total. The Balaban J connectivity index is 2.08. The number of carbonyl (C=O) groups excluding carboxylic acids is 3. The van der Waals surface area contributed by atoms with Crippen LogP contribution in [-0.2, 0) is 24.5 Å². The Morgan fingerprint density at radius 2 is 2.08 bits per heavy atom. The molecule has 0 bridgehead atoms. The van der Waals surface area contributed by atoms with Crippen molar-refractivity contribution in [2.75, 3.05) is 5.43 Å². The van der Waals surface area contributed by atoms with Crippen molar-refractivity contribution in [1.29, 1.82) is 0 Å². The van der Waals surface area contributed by atoms with Gasteiger partial charge in [0, 0.05) is 11.9 Å². The van der Waals surface area contributed by atoms with E-state index in [2.05, 4.69) is 20.3 Å². The van der Waals surface area contributed by atoms with E-state index in [0.29, 0.717) is 5.82 Å². The lowest BCUT2D eigenvalue weighted by Crippen LogP contribution is -2.36. The van der Waals surface area contributed by atoms with Gasteiger partial charge in [0.05, 0.1) is 12.0 Å². The molecule has 1 unspecified atom stereocenters. The average molecular weight is 370 g/mol. The minimum absolute atomic E-state index is 0.0255. The topological polar surface area (TPSA) is 155 Å². The summed E-state index contributed by atoms with van der Waals surface area (Å²) in [6.45, 7) is 3.53. The second-order valence-electron chi connectivity index (χ2n) is 5.22. The molecule has 2 rings (SSSR count). The molecule has 134 valence electrons. The van der Waals surface area contributed by atoms with Crippen LogP contribution in [0.5, 0.6) is 0 Å². The Morgan fingerprint density at radius 1 is 1.40 bits per heavy atom. The van der Waals surface area contributed by atoms with Crippen molar-refractivity contribution < 1.29 is 32.2 Å². The van der Waals surface area contributed by atoms with Gasteiger partial charge in [-0.1, -0.05) is 0 Å². The maximum atomic E-state index is 12.0. The predicted molar refractivity (Wildman–Crippen MR) is 83.9 cm³/mol. The van der Waals surface area contributed by atoms with Crippen molar-refractivity contribution >= 4 is 39.4 Å². The second kappa shape index (κ2) is 6.94. The Kier molecular flexibility index (Phi) is 5.13. The van der Waals surface area contributed by atoms with Gasteiger partial charge in [-0.2, -0.15) is 13.5 Å². The molecule has 25 heavy (non-hydrogen) atoms. The highest BCUT2D eigenvalue weighted by Gasteiger charge is 2.48. The van der Waals surface area contributed by atoms with E-state index in [1.54, 1.807) is 13.8 Å². The number of carbonyl (C=O) groups is 3. The average Bonchev–Trinajstić information content (AvgIpc) is 2.81. The summed E-state index contributed by atoms with van der Waals surface area (Å²) in [4.78, 5) is 43.9. The van der Waals surface area contributed by atoms with E-state index in [0.717, 1.165) is 11.9 Å². The van der Waals surface area contributed by atoms with Crippen LogP contribution in [0.1, 0.15) is 30.6 Å². The summed E-state index contributed by atoms with van der Waals surface area (Å²) in [5.41, 5.74) is 3.30. The van der Waals surface area contributed by atoms with Gasteiger partial charge < -0.3 is 4.84 Å². The zero-order chi connectivity index (χ0) is 18.8. The van der Waals surface area contributed by atoms with Crippen LogP contribution in [-0.4, -0.2) is 51.8 Å². The van der Waals surface area contributed by atoms with E-state index >= 15 is 0 Å². The number of imide groups is 1. The van der Waals surface area contributed by atoms with Crippen LogP contribution in [0.3, 0.4) is 0 Å². The number of hydrogen-bond donors (Lipinski definition) is 2. The first-order valence-electron chi connectivity index (χ1n) is 6.88. The molecular formula is C13H14N4O7S. The number of aromatic nitrogens is 1. The number of amides is 2. The summed E-state index contributed by atoms with van der Waals surface area (Å²) in [6, 6.07) is 2.72. The van der Waals surface area contributed by atoms with E-state index in [4.69, 9.17) is 4.55 Å². The molecule has 0 aliphatic carbocycles. The third-order valence-electron chi connectivity index (χ3n) is 2.99. The number of nitrogens with zero attached hydrogens (tertiary/aromatic N) is 3. The highest BCUT2D eigenvalue weighted by molar-refractivity contribution is 7.87. The number of nitrogens with one attached hydrogen (secondary N) is 1. The summed E-state index contributed by atoms with van der Waals surface area (Å²) in [5, 5.41) is 1.96. The lowest BCUT2D eigenvalue weighted by molar-refractivity contribution is -0.172. The molecule has 2 amide bonds. The zero-order valence-electron chi connectivity index (χ0n) is 13.2. The minimum Gasteiger partial charge on any atom is -0.325 e. The molecule has 0 aromatic carbocycles. The number of rotatable bonds is 5. The molecule has 1 fully saturated rings. The van der Waals surface area contributed by atoms with Gasteiger partial charge in [-0.05, 0) is 26.0 Å². The number of hydroxylamine groups is 2. The van der Waals surface area contributed by atoms with Crippen LogP contribution in [0.15, 0.2) is 23.4 Å². The van der Waals surface area contributed by atoms with Gasteiger partial charge in [-0.15, -0.1) is 5.06 Å². The molecular weight excluding hydrogens is 356 g/mol. The lowest BCUT2D eigenvalue weighted by Gasteiger charge is -2.13. The molecule has 1 atom stereocenters. The van der Waals surface area contributed by atoms with E-state index in [1.165, 1.54) is 12.1 Å². The standard InChI is InChI=1S/C13H14N4O7S/c1-7(2)15-16-10-4-3-8(6-14-10)13(20)24-17-11(18)5-9(12(17)19)25(21,22)23/h3-4,6,9H,5H2,1-2H3,(H,14,16)(H,21,22,23). The molecule has 2 heterocycles. The molecule has 12 heteroatoms. The highest BCUT2D eigenvalue weighted by atomic mass is 32.2. The molecule has 0 radical (unpaired) electrons. The zero-order valence-corrected chi connectivity index (χ0v) is 14.0. The quantitative estimate of drug-likeness (QED) is 0.314. The molecule has 0 spiro atoms. The van der Waals surface area contributed by atoms with Crippen molar-refractivity contribution in [3.8, 4) is 0 Å². The van der Waals surface area contributed by atoms with Crippen molar-refractivity contribution in [2.24, 2.45) is 5.10 Å². The van der Waals surface area contributed by atoms with Gasteiger partial charge in [0.15, 0.2) is 5.25 Å². The summed E-state index contributed by atoms with van der Waals surface area (Å²) >= 11 is 0. The van der Waals surface area contributed by atoms with Gasteiger partial charge in [-0.3, -0.25) is 19.6 Å². The molecule has 1 aromatic rings. The summed E-state index contributed by atoms with van der Waals surface area (Å²) in [7, 11) is -4.77. The minimum atomic E-state index is -4.77. The first-order valence-corrected chi connectivity index (χ1v) is 8.38. The first kappa shape index (κ1) is 18.5. The van der Waals surface area contributed by atoms with Crippen LogP contribution in [0.25, 0.3) is 0 Å². The summed E-state index contributed by atoms with van der Waals surface area (Å²) in [6.07, 6.45) is 0.316. The number of hydrazone groups is 1. The highest BCUT2D eigenvalue weighted by Crippen LogP contribution is 2.20. The predicted octanol–water partition coefficient (Wildman–Crippen LogP) is -0.0236. The maximum absolute atomic E-state index is 12.0. The lowest BCUT2D eigenvalue weighted by atomic mass is 10.3. The third kappa shape index (κ3) is 4.36. The SMILES string of the molecule is CC(C)=NNc1ccc(C(=O)ON2C(=O)CC(S(=O)(=O)O)C2=O)cn1. The number of anilines is 1. The molecule has 1 aliphatic rings. The van der Waals surface area contributed by atoms with Crippen molar-refractivity contribution in [1.82, 2.24) is 10.0 Å². The van der Waals surface area contributed by atoms with Crippen LogP contribution in [0.2, 0.25) is 0 Å². The van der Waals surface area contributed by atoms with Gasteiger partial charge in [-0.25, -0.2) is 9.78 Å². The smallest absolute Gasteiger partial charge is 0.325 e. The fourth-order valence-corrected chi connectivity index (χ4v) is 2.50. The molecule has 11 nitrogen and oxygen atoms in total. The number of pyridine rings is 1. The monoisotopic (exact) mass is 370 g/mol. The first-order chi connectivity index (χ1) is 11.6. The summed E-state index contributed by atoms with van der Waals surface area (Å²) in [5.74, 6) is -3.13. The Labute approximate surface area is 142 Å². The van der Waals surface area contributed by atoms with E-state index < -0.39 is 39.6 Å². The third-order valence-corrected chi connectivity index (χ3v) is 4.08. The number of hydrogen-bond acceptors (Lipinski definition) is 9. The van der Waals surface area contributed by atoms with E-state index in [-0.39, 0.29) is 10.6 Å². The fraction of sp³-hybridized carbons (Fsp3) is 0.308. The summed E-state index contributed by atoms with van der Waals surface area (Å²) < 4.78 is 31.0. The largest absolute Gasteiger partial charge is 0.365 e.